The molecule has 0 saturated carbocycles. The van der Waals surface area contributed by atoms with E-state index in [1.807, 2.05) is 13.0 Å². The van der Waals surface area contributed by atoms with Crippen molar-refractivity contribution in [2.75, 3.05) is 0 Å². The lowest BCUT2D eigenvalue weighted by atomic mass is 9.80. The van der Waals surface area contributed by atoms with Crippen LogP contribution in [0, 0.1) is 12.8 Å². The second kappa shape index (κ2) is 6.70. The molecule has 3 rings (SSSR count). The Kier molecular flexibility index (Phi) is 4.70. The van der Waals surface area contributed by atoms with Gasteiger partial charge in [-0.3, -0.25) is 0 Å². The molecule has 140 valence electrons. The Morgan fingerprint density at radius 1 is 1.11 bits per heavy atom. The number of carbonyl (C=O) groups excluding carboxylic acids is 1. The zero-order valence-electron chi connectivity index (χ0n) is 15.3. The van der Waals surface area contributed by atoms with Crippen LogP contribution in [0.25, 0.3) is 0 Å². The molecular weight excluding hydrogens is 362 g/mol. The molecule has 0 unspecified atom stereocenters. The van der Waals surface area contributed by atoms with Gasteiger partial charge in [0.25, 0.3) is 10.0 Å². The Bertz CT molecular complexity index is 996. The molecule has 2 aromatic carbocycles. The fourth-order valence-corrected chi connectivity index (χ4v) is 4.60. The van der Waals surface area contributed by atoms with E-state index in [9.17, 15) is 13.2 Å². The van der Waals surface area contributed by atoms with E-state index in [4.69, 9.17) is 4.74 Å². The van der Waals surface area contributed by atoms with Crippen LogP contribution in [0.3, 0.4) is 0 Å². The third-order valence-electron chi connectivity index (χ3n) is 4.84. The highest BCUT2D eigenvalue weighted by molar-refractivity contribution is 7.89. The van der Waals surface area contributed by atoms with Crippen LogP contribution in [0.4, 0.5) is 4.79 Å². The molecule has 1 saturated heterocycles. The lowest BCUT2D eigenvalue weighted by Gasteiger charge is -2.33. The zero-order chi connectivity index (χ0) is 19.8. The lowest BCUT2D eigenvalue weighted by Crippen LogP contribution is -2.36. The van der Waals surface area contributed by atoms with E-state index >= 15 is 0 Å². The summed E-state index contributed by atoms with van der Waals surface area (Å²) in [6.07, 6.45) is 0.645. The number of sulfonamides is 1. The summed E-state index contributed by atoms with van der Waals surface area (Å²) >= 11 is 0. The predicted octanol–water partition coefficient (Wildman–Crippen LogP) is 4.37. The Labute approximate surface area is 159 Å². The average molecular weight is 383 g/mol. The number of ether oxygens (including phenoxy) is 1. The minimum atomic E-state index is -4.15. The van der Waals surface area contributed by atoms with E-state index in [0.717, 1.165) is 5.56 Å². The van der Waals surface area contributed by atoms with Crippen LogP contribution >= 0.6 is 0 Å². The van der Waals surface area contributed by atoms with Crippen LogP contribution < -0.4 is 0 Å². The lowest BCUT2D eigenvalue weighted by molar-refractivity contribution is 0.0402. The minimum absolute atomic E-state index is 0.00122. The second-order valence-electron chi connectivity index (χ2n) is 6.52. The van der Waals surface area contributed by atoms with Crippen molar-refractivity contribution in [1.29, 1.82) is 0 Å². The average Bonchev–Trinajstić information content (AvgIpc) is 2.94. The summed E-state index contributed by atoms with van der Waals surface area (Å²) in [4.78, 5) is 12.7. The van der Waals surface area contributed by atoms with Gasteiger partial charge < -0.3 is 4.74 Å². The zero-order valence-corrected chi connectivity index (χ0v) is 16.1. The first-order chi connectivity index (χ1) is 12.7. The smallest absolute Gasteiger partial charge is 0.429 e. The summed E-state index contributed by atoms with van der Waals surface area (Å²) in [6.45, 7) is 11.4. The maximum absolute atomic E-state index is 13.1. The molecule has 1 amide bonds. The Morgan fingerprint density at radius 2 is 1.70 bits per heavy atom. The van der Waals surface area contributed by atoms with Crippen LogP contribution in [0.1, 0.15) is 18.1 Å². The largest absolute Gasteiger partial charge is 0.430 e. The molecule has 27 heavy (non-hydrogen) atoms. The van der Waals surface area contributed by atoms with Gasteiger partial charge in [-0.15, -0.1) is 6.58 Å². The summed E-state index contributed by atoms with van der Waals surface area (Å²) in [7, 11) is -4.15. The molecule has 1 heterocycles. The number of benzene rings is 2. The fraction of sp³-hybridized carbons (Fsp3) is 0.190. The molecule has 0 bridgehead atoms. The highest BCUT2D eigenvalue weighted by atomic mass is 32.2. The first-order valence-electron chi connectivity index (χ1n) is 8.47. The van der Waals surface area contributed by atoms with E-state index in [1.54, 1.807) is 49.4 Å². The third kappa shape index (κ3) is 2.86. The summed E-state index contributed by atoms with van der Waals surface area (Å²) in [6, 6.07) is 15.3. The number of carbonyl (C=O) groups is 1. The summed E-state index contributed by atoms with van der Waals surface area (Å²) in [5.41, 5.74) is 0.262. The van der Waals surface area contributed by atoms with Gasteiger partial charge in [-0.1, -0.05) is 67.6 Å². The molecule has 0 aromatic heterocycles. The first kappa shape index (κ1) is 18.9. The van der Waals surface area contributed by atoms with E-state index in [-0.39, 0.29) is 10.6 Å². The summed E-state index contributed by atoms with van der Waals surface area (Å²) < 4.78 is 32.6. The minimum Gasteiger partial charge on any atom is -0.430 e. The number of hydrogen-bond acceptors (Lipinski definition) is 4. The van der Waals surface area contributed by atoms with Gasteiger partial charge in [0.05, 0.1) is 10.6 Å². The van der Waals surface area contributed by atoms with Crippen LogP contribution in [0.15, 0.2) is 84.4 Å². The van der Waals surface area contributed by atoms with Gasteiger partial charge in [0.15, 0.2) is 5.60 Å². The molecule has 0 radical (unpaired) electrons. The Balaban J connectivity index is 2.15. The second-order valence-corrected chi connectivity index (χ2v) is 8.31. The van der Waals surface area contributed by atoms with Crippen molar-refractivity contribution in [2.45, 2.75) is 24.3 Å². The number of cyclic esters (lactones) is 1. The summed E-state index contributed by atoms with van der Waals surface area (Å²) in [5, 5.41) is 0. The topological polar surface area (TPSA) is 63.7 Å². The quantitative estimate of drug-likeness (QED) is 0.720. The number of hydrogen-bond donors (Lipinski definition) is 0. The van der Waals surface area contributed by atoms with E-state index in [1.165, 1.54) is 12.1 Å². The van der Waals surface area contributed by atoms with Gasteiger partial charge in [-0.25, -0.2) is 13.2 Å². The molecular formula is C21H21NO4S. The van der Waals surface area contributed by atoms with Gasteiger partial charge in [-0.05, 0) is 19.1 Å². The van der Waals surface area contributed by atoms with Gasteiger partial charge in [-0.2, -0.15) is 4.31 Å². The Hall–Kier alpha value is -2.86. The van der Waals surface area contributed by atoms with E-state index in [0.29, 0.717) is 9.87 Å². The van der Waals surface area contributed by atoms with E-state index < -0.39 is 27.6 Å². The third-order valence-corrected chi connectivity index (χ3v) is 6.56. The van der Waals surface area contributed by atoms with Crippen molar-refractivity contribution >= 4 is 16.1 Å². The van der Waals surface area contributed by atoms with Crippen LogP contribution in [-0.4, -0.2) is 18.8 Å². The molecule has 5 nitrogen and oxygen atoms in total. The van der Waals surface area contributed by atoms with E-state index in [2.05, 4.69) is 13.2 Å². The molecule has 6 heteroatoms. The SMILES string of the molecule is C=C[C@H](C)[C@@]1(c2ccccc2)OC(=O)N(S(=O)(=O)c2ccc(C)cc2)C1=C. The molecule has 0 aliphatic carbocycles. The fourth-order valence-electron chi connectivity index (χ4n) is 3.25. The number of amides is 1. The highest BCUT2D eigenvalue weighted by Gasteiger charge is 2.57. The van der Waals surface area contributed by atoms with Crippen LogP contribution in [0.5, 0.6) is 0 Å². The van der Waals surface area contributed by atoms with Crippen molar-refractivity contribution in [1.82, 2.24) is 4.31 Å². The summed E-state index contributed by atoms with van der Waals surface area (Å²) in [5.74, 6) is -0.394. The van der Waals surface area contributed by atoms with Crippen LogP contribution in [-0.2, 0) is 20.4 Å². The molecule has 1 fully saturated rings. The molecule has 0 N–H and O–H groups in total. The molecule has 0 spiro atoms. The molecule has 1 aliphatic rings. The van der Waals surface area contributed by atoms with Crippen molar-refractivity contribution < 1.29 is 17.9 Å². The normalized spacial score (nSPS) is 21.0. The highest BCUT2D eigenvalue weighted by Crippen LogP contribution is 2.48. The molecule has 2 atom stereocenters. The first-order valence-corrected chi connectivity index (χ1v) is 9.91. The van der Waals surface area contributed by atoms with Gasteiger partial charge in [0, 0.05) is 11.5 Å². The number of aryl methyl sites for hydroxylation is 1. The molecule has 1 aliphatic heterocycles. The van der Waals surface area contributed by atoms with Crippen LogP contribution in [0.2, 0.25) is 0 Å². The Morgan fingerprint density at radius 3 is 2.26 bits per heavy atom. The van der Waals surface area contributed by atoms with Crippen molar-refractivity contribution in [3.63, 3.8) is 0 Å². The van der Waals surface area contributed by atoms with Crippen molar-refractivity contribution in [3.8, 4) is 0 Å². The predicted molar refractivity (Wildman–Crippen MR) is 103 cm³/mol. The van der Waals surface area contributed by atoms with Gasteiger partial charge >= 0.3 is 6.09 Å². The van der Waals surface area contributed by atoms with Crippen molar-refractivity contribution in [2.24, 2.45) is 5.92 Å². The number of nitrogens with zero attached hydrogens (tertiary/aromatic N) is 1. The maximum Gasteiger partial charge on any atom is 0.429 e. The monoisotopic (exact) mass is 383 g/mol. The standard InChI is InChI=1S/C21H21NO4S/c1-5-16(3)21(18-9-7-6-8-10-18)17(4)22(20(23)26-21)27(24,25)19-13-11-15(2)12-14-19/h5-14,16H,1,4H2,2-3H3/t16-,21+/m0/s1. The number of rotatable bonds is 5. The maximum atomic E-state index is 13.1. The van der Waals surface area contributed by atoms with Gasteiger partial charge in [0.1, 0.15) is 0 Å². The van der Waals surface area contributed by atoms with Gasteiger partial charge in [0.2, 0.25) is 0 Å². The molecule has 2 aromatic rings. The van der Waals surface area contributed by atoms with Crippen molar-refractivity contribution in [3.05, 3.63) is 90.7 Å².